The van der Waals surface area contributed by atoms with Crippen molar-refractivity contribution < 1.29 is 189 Å². The Morgan fingerprint density at radius 2 is 0.484 bits per heavy atom. The van der Waals surface area contributed by atoms with Crippen molar-refractivity contribution in [1.29, 1.82) is 0 Å². The summed E-state index contributed by atoms with van der Waals surface area (Å²) in [4.78, 5) is 0. The molecule has 0 heterocycles. The molecule has 0 fully saturated rings. The molecule has 0 unspecified atom stereocenters. The van der Waals surface area contributed by atoms with E-state index in [-0.39, 0.29) is 170 Å². The van der Waals surface area contributed by atoms with Crippen LogP contribution in [0.25, 0.3) is 11.1 Å². The van der Waals surface area contributed by atoms with Gasteiger partial charge in [0.2, 0.25) is 0 Å². The average Bonchev–Trinajstić information content (AvgIpc) is 3.14. The van der Waals surface area contributed by atoms with E-state index in [4.69, 9.17) is 18.9 Å². The Bertz CT molecular complexity index is 2090. The van der Waals surface area contributed by atoms with E-state index in [0.717, 1.165) is 0 Å². The summed E-state index contributed by atoms with van der Waals surface area (Å²) in [7, 11) is -17.6. The summed E-state index contributed by atoms with van der Waals surface area (Å²) in [5.41, 5.74) is 4.15. The SMILES string of the molecule is O=S(=O)([O-])CCCOc1ccc(C(=C(c2ccc(OCCCS(=O)(=O)[O-])cc2)c2ccc(OCCCS(=O)(=O)[O-])cc2)c2ccc(OCCCS(=O)(=O)[O-])cc2)cc1.[Na+].[Na+].[Na+].[Na+]. The van der Waals surface area contributed by atoms with E-state index in [1.807, 2.05) is 0 Å². The van der Waals surface area contributed by atoms with Crippen LogP contribution in [0.5, 0.6) is 23.0 Å². The molecular weight excluding hydrogens is 933 g/mol. The fraction of sp³-hybridized carbons (Fsp3) is 0.316. The normalized spacial score (nSPS) is 11.4. The van der Waals surface area contributed by atoms with Gasteiger partial charge in [0.05, 0.1) is 66.9 Å². The maximum absolute atomic E-state index is 11.0. The van der Waals surface area contributed by atoms with Crippen LogP contribution in [-0.4, -0.2) is 101 Å². The van der Waals surface area contributed by atoms with Crippen LogP contribution in [0.3, 0.4) is 0 Å². The molecule has 62 heavy (non-hydrogen) atoms. The molecule has 4 rings (SSSR count). The van der Waals surface area contributed by atoms with Crippen molar-refractivity contribution in [1.82, 2.24) is 0 Å². The van der Waals surface area contributed by atoms with Crippen molar-refractivity contribution in [3.63, 3.8) is 0 Å². The Hall–Kier alpha value is -0.540. The van der Waals surface area contributed by atoms with E-state index in [0.29, 0.717) is 56.4 Å². The van der Waals surface area contributed by atoms with E-state index < -0.39 is 63.5 Å². The molecule has 0 aliphatic heterocycles. The van der Waals surface area contributed by atoms with Gasteiger partial charge in [0.25, 0.3) is 0 Å². The van der Waals surface area contributed by atoms with Crippen LogP contribution in [0.1, 0.15) is 47.9 Å². The second kappa shape index (κ2) is 29.3. The summed E-state index contributed by atoms with van der Waals surface area (Å²) in [6, 6.07) is 27.7. The summed E-state index contributed by atoms with van der Waals surface area (Å²) in [5.74, 6) is -0.646. The van der Waals surface area contributed by atoms with Gasteiger partial charge in [-0.1, -0.05) is 48.5 Å². The molecule has 0 saturated carbocycles. The molecule has 0 atom stereocenters. The van der Waals surface area contributed by atoms with Crippen molar-refractivity contribution in [2.75, 3.05) is 49.4 Å². The molecule has 0 amide bonds. The predicted molar refractivity (Wildman–Crippen MR) is 209 cm³/mol. The van der Waals surface area contributed by atoms with Crippen molar-refractivity contribution in [2.45, 2.75) is 25.7 Å². The Morgan fingerprint density at radius 1 is 0.323 bits per heavy atom. The molecule has 4 aromatic rings. The molecule has 0 N–H and O–H groups in total. The summed E-state index contributed by atoms with van der Waals surface area (Å²) >= 11 is 0. The number of benzene rings is 4. The third kappa shape index (κ3) is 24.3. The van der Waals surface area contributed by atoms with Crippen LogP contribution in [0, 0.1) is 0 Å². The van der Waals surface area contributed by atoms with Gasteiger partial charge >= 0.3 is 118 Å². The summed E-state index contributed by atoms with van der Waals surface area (Å²) in [5, 5.41) is 0. The van der Waals surface area contributed by atoms with Gasteiger partial charge in [-0.2, -0.15) is 0 Å². The van der Waals surface area contributed by atoms with Gasteiger partial charge in [-0.05, 0) is 108 Å². The van der Waals surface area contributed by atoms with Crippen LogP contribution in [0.2, 0.25) is 0 Å². The van der Waals surface area contributed by atoms with E-state index in [9.17, 15) is 51.9 Å². The third-order valence-corrected chi connectivity index (χ3v) is 11.2. The van der Waals surface area contributed by atoms with Gasteiger partial charge in [-0.15, -0.1) is 0 Å². The molecule has 24 heteroatoms. The average molecular weight is 973 g/mol. The van der Waals surface area contributed by atoms with E-state index in [1.165, 1.54) is 0 Å². The molecule has 4 aromatic carbocycles. The Kier molecular flexibility index (Phi) is 29.0. The molecule has 0 radical (unpaired) electrons. The second-order valence-corrected chi connectivity index (χ2v) is 18.8. The fourth-order valence-electron chi connectivity index (χ4n) is 5.48. The number of rotatable bonds is 24. The van der Waals surface area contributed by atoms with Gasteiger partial charge < -0.3 is 37.2 Å². The standard InChI is InChI=1S/C38H44O16S4.4Na/c39-55(40,41)25-1-21-51-33-13-5-29(6-14-33)37(30-7-15-34(16-8-30)52-22-2-26-56(42,43)44)38(31-9-17-35(18-10-31)53-23-3-27-57(45,46)47)32-11-19-36(20-12-32)54-24-4-28-58(48,49)50;;;;/h5-20H,1-4,21-28H2,(H,39,40,41)(H,42,43,44)(H,45,46,47)(H,48,49,50);;;;/q;4*+1/p-4. The van der Waals surface area contributed by atoms with Crippen molar-refractivity contribution in [3.05, 3.63) is 119 Å². The van der Waals surface area contributed by atoms with Crippen LogP contribution >= 0.6 is 0 Å². The van der Waals surface area contributed by atoms with Crippen molar-refractivity contribution in [2.24, 2.45) is 0 Å². The molecule has 16 nitrogen and oxygen atoms in total. The topological polar surface area (TPSA) is 266 Å². The molecule has 0 aromatic heterocycles. The monoisotopic (exact) mass is 972 g/mol. The zero-order valence-corrected chi connectivity index (χ0v) is 46.2. The zero-order chi connectivity index (χ0) is 42.4. The van der Waals surface area contributed by atoms with E-state index in [1.54, 1.807) is 97.1 Å². The molecule has 0 saturated heterocycles. The third-order valence-electron chi connectivity index (χ3n) is 8.05. The molecule has 0 aliphatic rings. The quantitative estimate of drug-likeness (QED) is 0.0273. The Labute approximate surface area is 452 Å². The van der Waals surface area contributed by atoms with Crippen LogP contribution in [0.4, 0.5) is 0 Å². The number of hydrogen-bond donors (Lipinski definition) is 0. The Balaban J connectivity index is 0.00000930. The van der Waals surface area contributed by atoms with Gasteiger partial charge in [-0.25, -0.2) is 33.7 Å². The number of ether oxygens (including phenoxy) is 4. The van der Waals surface area contributed by atoms with Gasteiger partial charge in [0, 0.05) is 23.0 Å². The first-order valence-electron chi connectivity index (χ1n) is 17.7. The largest absolute Gasteiger partial charge is 1.00 e. The first-order valence-corrected chi connectivity index (χ1v) is 24.0. The second-order valence-electron chi connectivity index (χ2n) is 12.7. The summed E-state index contributed by atoms with van der Waals surface area (Å²) in [6.07, 6.45) is -0.00432. The maximum atomic E-state index is 11.0. The maximum Gasteiger partial charge on any atom is 1.00 e. The van der Waals surface area contributed by atoms with Gasteiger partial charge in [0.15, 0.2) is 0 Å². The van der Waals surface area contributed by atoms with Gasteiger partial charge in [0.1, 0.15) is 23.0 Å². The minimum absolute atomic E-state index is 0. The Morgan fingerprint density at radius 3 is 0.629 bits per heavy atom. The smallest absolute Gasteiger partial charge is 0.748 e. The van der Waals surface area contributed by atoms with Gasteiger partial charge in [-0.3, -0.25) is 0 Å². The van der Waals surface area contributed by atoms with Crippen molar-refractivity contribution >= 4 is 51.6 Å². The summed E-state index contributed by atoms with van der Waals surface area (Å²) < 4.78 is 155. The first-order chi connectivity index (χ1) is 27.2. The summed E-state index contributed by atoms with van der Waals surface area (Å²) in [6.45, 7) is -0.0587. The zero-order valence-electron chi connectivity index (χ0n) is 34.9. The van der Waals surface area contributed by atoms with Crippen LogP contribution < -0.4 is 137 Å². The van der Waals surface area contributed by atoms with Crippen molar-refractivity contribution in [3.8, 4) is 23.0 Å². The molecule has 0 bridgehead atoms. The molecule has 316 valence electrons. The van der Waals surface area contributed by atoms with Crippen LogP contribution in [-0.2, 0) is 40.5 Å². The van der Waals surface area contributed by atoms with E-state index in [2.05, 4.69) is 0 Å². The minimum Gasteiger partial charge on any atom is -0.748 e. The minimum atomic E-state index is -4.40. The molecular formula is C38H40Na4O16S4. The van der Waals surface area contributed by atoms with E-state index >= 15 is 0 Å². The fourth-order valence-corrected chi connectivity index (χ4v) is 7.37. The first kappa shape index (κ1) is 61.5. The molecule has 0 aliphatic carbocycles. The number of hydrogen-bond acceptors (Lipinski definition) is 16. The van der Waals surface area contributed by atoms with Crippen LogP contribution in [0.15, 0.2) is 97.1 Å². The molecule has 0 spiro atoms. The predicted octanol–water partition coefficient (Wildman–Crippen LogP) is -8.03.